The highest BCUT2D eigenvalue weighted by Crippen LogP contribution is 2.43. The van der Waals surface area contributed by atoms with Gasteiger partial charge in [-0.25, -0.2) is 4.79 Å². The van der Waals surface area contributed by atoms with Crippen LogP contribution < -0.4 is 0 Å². The molecule has 3 aliphatic rings. The lowest BCUT2D eigenvalue weighted by Crippen LogP contribution is -2.21. The number of unbranched alkanes of at least 4 members (excludes halogenated alkanes) is 3. The lowest BCUT2D eigenvalue weighted by Gasteiger charge is -2.34. The molecule has 2 aromatic rings. The Balaban J connectivity index is 1.21. The van der Waals surface area contributed by atoms with Crippen molar-refractivity contribution in [3.8, 4) is 0 Å². The third-order valence-corrected chi connectivity index (χ3v) is 10.3. The summed E-state index contributed by atoms with van der Waals surface area (Å²) < 4.78 is 6.51. The quantitative estimate of drug-likeness (QED) is 0.188. The average molecular weight is 599 g/mol. The van der Waals surface area contributed by atoms with Crippen molar-refractivity contribution in [3.63, 3.8) is 0 Å². The maximum Gasteiger partial charge on any atom is 0.335 e. The van der Waals surface area contributed by atoms with Gasteiger partial charge in [0.25, 0.3) is 0 Å². The van der Waals surface area contributed by atoms with Crippen molar-refractivity contribution >= 4 is 11.9 Å². The third-order valence-electron chi connectivity index (χ3n) is 10.3. The molecule has 2 N–H and O–H groups in total. The van der Waals surface area contributed by atoms with Gasteiger partial charge in [-0.15, -0.1) is 0 Å². The maximum absolute atomic E-state index is 11.6. The van der Waals surface area contributed by atoms with Gasteiger partial charge in [0.1, 0.15) is 0 Å². The number of aliphatic carboxylic acids is 1. The van der Waals surface area contributed by atoms with E-state index in [1.54, 1.807) is 11.6 Å². The van der Waals surface area contributed by atoms with E-state index in [2.05, 4.69) is 42.5 Å². The molecule has 3 aliphatic carbocycles. The molecule has 2 unspecified atom stereocenters. The summed E-state index contributed by atoms with van der Waals surface area (Å²) in [4.78, 5) is 22.6. The molecule has 0 heterocycles. The summed E-state index contributed by atoms with van der Waals surface area (Å²) in [5.74, 6) is 0.910. The number of aryl methyl sites for hydroxylation is 2. The number of ether oxygens (including phenoxy) is 1. The Labute approximate surface area is 263 Å². The summed E-state index contributed by atoms with van der Waals surface area (Å²) in [5.41, 5.74) is 7.49. The number of carbonyl (C=O) groups is 2. The molecule has 0 amide bonds. The second-order valence-electron chi connectivity index (χ2n) is 13.2. The van der Waals surface area contributed by atoms with Crippen LogP contribution in [0, 0.1) is 11.8 Å². The molecule has 0 aromatic heterocycles. The van der Waals surface area contributed by atoms with Crippen LogP contribution in [0.5, 0.6) is 0 Å². The van der Waals surface area contributed by atoms with E-state index < -0.39 is 11.9 Å². The van der Waals surface area contributed by atoms with Crippen molar-refractivity contribution in [2.24, 2.45) is 11.8 Å². The van der Waals surface area contributed by atoms with Gasteiger partial charge in [-0.1, -0.05) is 55.7 Å². The fraction of sp³-hybridized carbons (Fsp3) is 0.538. The number of benzene rings is 2. The largest absolute Gasteiger partial charge is 0.497 e. The van der Waals surface area contributed by atoms with Gasteiger partial charge in [0, 0.05) is 18.8 Å². The van der Waals surface area contributed by atoms with Crippen LogP contribution in [0.25, 0.3) is 0 Å². The van der Waals surface area contributed by atoms with Gasteiger partial charge in [0.2, 0.25) is 0 Å². The Hall–Kier alpha value is -3.34. The summed E-state index contributed by atoms with van der Waals surface area (Å²) in [6, 6.07) is 12.6. The highest BCUT2D eigenvalue weighted by Gasteiger charge is 2.30. The smallest absolute Gasteiger partial charge is 0.335 e. The number of aromatic carboxylic acids is 1. The molecule has 0 saturated carbocycles. The lowest BCUT2D eigenvalue weighted by atomic mass is 9.71. The highest BCUT2D eigenvalue weighted by molar-refractivity contribution is 5.88. The Kier molecular flexibility index (Phi) is 11.7. The molecule has 2 aromatic carbocycles. The molecule has 0 radical (unpaired) electrons. The third kappa shape index (κ3) is 8.64. The summed E-state index contributed by atoms with van der Waals surface area (Å²) in [6.07, 6.45) is 24.2. The molecule has 5 nitrogen and oxygen atoms in total. The molecule has 5 heteroatoms. The first-order chi connectivity index (χ1) is 21.5. The van der Waals surface area contributed by atoms with Crippen LogP contribution in [0.2, 0.25) is 0 Å². The molecule has 5 rings (SSSR count). The Bertz CT molecular complexity index is 1340. The topological polar surface area (TPSA) is 83.8 Å². The first kappa shape index (κ1) is 32.1. The number of hydrogen-bond acceptors (Lipinski definition) is 3. The zero-order chi connectivity index (χ0) is 30.7. The minimum atomic E-state index is -0.857. The van der Waals surface area contributed by atoms with Crippen LogP contribution in [0.4, 0.5) is 0 Å². The molecular weight excluding hydrogens is 548 g/mol. The van der Waals surface area contributed by atoms with E-state index in [-0.39, 0.29) is 6.42 Å². The van der Waals surface area contributed by atoms with E-state index in [1.165, 1.54) is 47.9 Å². The van der Waals surface area contributed by atoms with Crippen LogP contribution in [-0.2, 0) is 35.2 Å². The summed E-state index contributed by atoms with van der Waals surface area (Å²) in [7, 11) is 0. The van der Waals surface area contributed by atoms with Crippen LogP contribution in [-0.4, -0.2) is 28.8 Å². The molecule has 0 saturated heterocycles. The molecule has 44 heavy (non-hydrogen) atoms. The number of fused-ring (bicyclic) bond motifs is 2. The Morgan fingerprint density at radius 1 is 0.909 bits per heavy atom. The van der Waals surface area contributed by atoms with Crippen molar-refractivity contribution in [1.82, 2.24) is 0 Å². The Morgan fingerprint density at radius 2 is 1.75 bits per heavy atom. The highest BCUT2D eigenvalue weighted by atomic mass is 16.5. The van der Waals surface area contributed by atoms with E-state index in [9.17, 15) is 14.7 Å². The van der Waals surface area contributed by atoms with Gasteiger partial charge in [-0.05, 0) is 135 Å². The molecule has 0 bridgehead atoms. The normalized spacial score (nSPS) is 19.9. The number of hydrogen-bond donors (Lipinski definition) is 2. The molecule has 0 fully saturated rings. The van der Waals surface area contributed by atoms with E-state index in [1.807, 2.05) is 6.07 Å². The van der Waals surface area contributed by atoms with Crippen molar-refractivity contribution in [1.29, 1.82) is 0 Å². The van der Waals surface area contributed by atoms with E-state index >= 15 is 0 Å². The van der Waals surface area contributed by atoms with E-state index in [0.29, 0.717) is 29.9 Å². The minimum Gasteiger partial charge on any atom is -0.497 e. The maximum atomic E-state index is 11.6. The average Bonchev–Trinajstić information content (AvgIpc) is 3.04. The van der Waals surface area contributed by atoms with Crippen molar-refractivity contribution in [2.75, 3.05) is 6.61 Å². The van der Waals surface area contributed by atoms with Gasteiger partial charge in [0.05, 0.1) is 17.9 Å². The minimum absolute atomic E-state index is 0.252. The van der Waals surface area contributed by atoms with Crippen molar-refractivity contribution in [2.45, 2.75) is 115 Å². The first-order valence-electron chi connectivity index (χ1n) is 17.2. The van der Waals surface area contributed by atoms with Gasteiger partial charge in [-0.3, -0.25) is 4.79 Å². The van der Waals surface area contributed by atoms with Crippen LogP contribution >= 0.6 is 0 Å². The molecule has 0 spiro atoms. The zero-order valence-electron chi connectivity index (χ0n) is 26.3. The second-order valence-corrected chi connectivity index (χ2v) is 13.2. The summed E-state index contributed by atoms with van der Waals surface area (Å²) in [5, 5.41) is 18.5. The predicted molar refractivity (Wildman–Crippen MR) is 175 cm³/mol. The lowest BCUT2D eigenvalue weighted by molar-refractivity contribution is -0.137. The van der Waals surface area contributed by atoms with Crippen molar-refractivity contribution < 1.29 is 24.5 Å². The van der Waals surface area contributed by atoms with Gasteiger partial charge < -0.3 is 14.9 Å². The van der Waals surface area contributed by atoms with Gasteiger partial charge >= 0.3 is 11.9 Å². The van der Waals surface area contributed by atoms with Crippen molar-refractivity contribution in [3.05, 3.63) is 93.8 Å². The van der Waals surface area contributed by atoms with Crippen LogP contribution in [0.3, 0.4) is 0 Å². The first-order valence-corrected chi connectivity index (χ1v) is 17.2. The zero-order valence-corrected chi connectivity index (χ0v) is 26.3. The fourth-order valence-corrected chi connectivity index (χ4v) is 7.93. The summed E-state index contributed by atoms with van der Waals surface area (Å²) >= 11 is 0. The molecule has 236 valence electrons. The van der Waals surface area contributed by atoms with E-state index in [4.69, 9.17) is 9.84 Å². The van der Waals surface area contributed by atoms with E-state index in [0.717, 1.165) is 82.8 Å². The number of allylic oxidation sites excluding steroid dienone is 4. The van der Waals surface area contributed by atoms with Crippen LogP contribution in [0.1, 0.15) is 128 Å². The predicted octanol–water partition coefficient (Wildman–Crippen LogP) is 9.22. The Morgan fingerprint density at radius 3 is 2.61 bits per heavy atom. The fourth-order valence-electron chi connectivity index (χ4n) is 7.93. The molecule has 0 aliphatic heterocycles. The van der Waals surface area contributed by atoms with Gasteiger partial charge in [0.15, 0.2) is 0 Å². The van der Waals surface area contributed by atoms with Crippen LogP contribution in [0.15, 0.2) is 60.4 Å². The SMILES string of the molecule is O=C(O)CCCCCCC(CCC1CC=CC=C1OCCc1cccc2c1CCCC2)[C@H]1CCCc2cc(C(=O)O)ccc21. The second kappa shape index (κ2) is 16.1. The number of carboxylic acids is 2. The number of carboxylic acid groups (broad SMARTS) is 2. The monoisotopic (exact) mass is 598 g/mol. The standard InChI is InChI=1S/C39H50O5/c40-38(41)20-4-2-1-3-11-29(35-18-10-16-32-27-33(39(42)43)23-24-36(32)35)21-22-31-13-6-8-19-37(31)44-26-25-30-15-9-14-28-12-5-7-17-34(28)30/h6,8-9,14-15,19,23-24,27,29,31,35H,1-5,7,10-13,16-18,20-22,25-26H2,(H,40,41)(H,42,43)/t29?,31?,35-/m1/s1. The number of rotatable bonds is 16. The molecular formula is C39H50O5. The van der Waals surface area contributed by atoms with Gasteiger partial charge in [-0.2, -0.15) is 0 Å². The summed E-state index contributed by atoms with van der Waals surface area (Å²) in [6.45, 7) is 0.717. The molecule has 3 atom stereocenters.